The largest absolute Gasteiger partial charge is 0.383 e. The molecule has 1 heterocycles. The van der Waals surface area contributed by atoms with Gasteiger partial charge >= 0.3 is 0 Å². The van der Waals surface area contributed by atoms with E-state index >= 15 is 0 Å². The van der Waals surface area contributed by atoms with Crippen LogP contribution in [0.5, 0.6) is 0 Å². The Labute approximate surface area is 117 Å². The van der Waals surface area contributed by atoms with Gasteiger partial charge in [0.2, 0.25) is 5.91 Å². The fraction of sp³-hybridized carbons (Fsp3) is 0.286. The fourth-order valence-corrected chi connectivity index (χ4v) is 2.09. The molecule has 0 unspecified atom stereocenters. The third-order valence-corrected chi connectivity index (χ3v) is 3.22. The standard InChI is InChI=1S/C14H16ClN3O/c1-16-13(19)5-3-8-17-12-7-6-11(15)10-4-2-9-18-14(10)12/h2,4,6-7,9,17H,3,5,8H2,1H3,(H,16,19). The number of fused-ring (bicyclic) bond motifs is 1. The minimum absolute atomic E-state index is 0.0564. The van der Waals surface area contributed by atoms with Crippen LogP contribution >= 0.6 is 11.6 Å². The minimum atomic E-state index is 0.0564. The van der Waals surface area contributed by atoms with Gasteiger partial charge in [0.05, 0.1) is 16.2 Å². The van der Waals surface area contributed by atoms with Crippen LogP contribution in [0.1, 0.15) is 12.8 Å². The molecule has 0 saturated heterocycles. The summed E-state index contributed by atoms with van der Waals surface area (Å²) in [5.41, 5.74) is 1.80. The topological polar surface area (TPSA) is 54.0 Å². The summed E-state index contributed by atoms with van der Waals surface area (Å²) in [6, 6.07) is 7.58. The van der Waals surface area contributed by atoms with Crippen LogP contribution in [0, 0.1) is 0 Å². The van der Waals surface area contributed by atoms with Crippen LogP contribution < -0.4 is 10.6 Å². The van der Waals surface area contributed by atoms with Crippen LogP contribution in [0.2, 0.25) is 5.02 Å². The maximum Gasteiger partial charge on any atom is 0.219 e. The summed E-state index contributed by atoms with van der Waals surface area (Å²) in [7, 11) is 1.65. The second kappa shape index (κ2) is 6.38. The Hall–Kier alpha value is -1.81. The number of carbonyl (C=O) groups is 1. The number of nitrogens with zero attached hydrogens (tertiary/aromatic N) is 1. The van der Waals surface area contributed by atoms with Gasteiger partial charge < -0.3 is 10.6 Å². The third kappa shape index (κ3) is 3.35. The highest BCUT2D eigenvalue weighted by Crippen LogP contribution is 2.27. The van der Waals surface area contributed by atoms with Gasteiger partial charge in [0.15, 0.2) is 0 Å². The minimum Gasteiger partial charge on any atom is -0.383 e. The molecule has 0 aliphatic rings. The SMILES string of the molecule is CNC(=O)CCCNc1ccc(Cl)c2cccnc12. The summed E-state index contributed by atoms with van der Waals surface area (Å²) in [6.07, 6.45) is 3.04. The number of hydrogen-bond acceptors (Lipinski definition) is 3. The van der Waals surface area contributed by atoms with Crippen molar-refractivity contribution in [1.29, 1.82) is 0 Å². The molecular formula is C14H16ClN3O. The molecule has 100 valence electrons. The van der Waals surface area contributed by atoms with Gasteiger partial charge in [-0.3, -0.25) is 9.78 Å². The number of pyridine rings is 1. The molecule has 5 heteroatoms. The number of aromatic nitrogens is 1. The molecule has 0 bridgehead atoms. The van der Waals surface area contributed by atoms with E-state index in [1.54, 1.807) is 13.2 Å². The van der Waals surface area contributed by atoms with E-state index < -0.39 is 0 Å². The Bertz CT molecular complexity index is 586. The lowest BCUT2D eigenvalue weighted by Gasteiger charge is -2.09. The van der Waals surface area contributed by atoms with Gasteiger partial charge in [-0.25, -0.2) is 0 Å². The van der Waals surface area contributed by atoms with E-state index in [0.29, 0.717) is 11.4 Å². The summed E-state index contributed by atoms with van der Waals surface area (Å²) in [5, 5.41) is 7.52. The van der Waals surface area contributed by atoms with E-state index in [1.165, 1.54) is 0 Å². The van der Waals surface area contributed by atoms with Crippen molar-refractivity contribution in [2.75, 3.05) is 18.9 Å². The highest BCUT2D eigenvalue weighted by Gasteiger charge is 2.05. The monoisotopic (exact) mass is 277 g/mol. The predicted molar refractivity (Wildman–Crippen MR) is 78.5 cm³/mol. The van der Waals surface area contributed by atoms with Crippen molar-refractivity contribution in [1.82, 2.24) is 10.3 Å². The summed E-state index contributed by atoms with van der Waals surface area (Å²) < 4.78 is 0. The van der Waals surface area contributed by atoms with Crippen molar-refractivity contribution in [3.8, 4) is 0 Å². The highest BCUT2D eigenvalue weighted by molar-refractivity contribution is 6.35. The smallest absolute Gasteiger partial charge is 0.219 e. The Morgan fingerprint density at radius 2 is 2.21 bits per heavy atom. The first kappa shape index (κ1) is 13.6. The highest BCUT2D eigenvalue weighted by atomic mass is 35.5. The fourth-order valence-electron chi connectivity index (χ4n) is 1.88. The molecule has 0 saturated carbocycles. The summed E-state index contributed by atoms with van der Waals surface area (Å²) in [6.45, 7) is 0.723. The van der Waals surface area contributed by atoms with Crippen molar-refractivity contribution >= 4 is 34.1 Å². The van der Waals surface area contributed by atoms with Crippen LogP contribution in [-0.2, 0) is 4.79 Å². The molecule has 0 aliphatic heterocycles. The molecule has 4 nitrogen and oxygen atoms in total. The predicted octanol–water partition coefficient (Wildman–Crippen LogP) is 2.83. The van der Waals surface area contributed by atoms with Gasteiger partial charge in [0.25, 0.3) is 0 Å². The van der Waals surface area contributed by atoms with Gasteiger partial charge in [0, 0.05) is 31.6 Å². The molecule has 2 rings (SSSR count). The molecule has 2 N–H and O–H groups in total. The summed E-state index contributed by atoms with van der Waals surface area (Å²) >= 11 is 6.13. The number of rotatable bonds is 5. The molecule has 19 heavy (non-hydrogen) atoms. The molecule has 0 radical (unpaired) electrons. The Kier molecular flexibility index (Phi) is 4.58. The van der Waals surface area contributed by atoms with E-state index in [4.69, 9.17) is 11.6 Å². The van der Waals surface area contributed by atoms with Crippen LogP contribution in [0.25, 0.3) is 10.9 Å². The van der Waals surface area contributed by atoms with Crippen molar-refractivity contribution in [2.45, 2.75) is 12.8 Å². The number of anilines is 1. The molecule has 0 aliphatic carbocycles. The van der Waals surface area contributed by atoms with Gasteiger partial charge in [-0.15, -0.1) is 0 Å². The summed E-state index contributed by atoms with van der Waals surface area (Å²) in [5.74, 6) is 0.0564. The van der Waals surface area contributed by atoms with Crippen LogP contribution in [-0.4, -0.2) is 24.5 Å². The lowest BCUT2D eigenvalue weighted by molar-refractivity contribution is -0.120. The molecule has 1 aromatic carbocycles. The van der Waals surface area contributed by atoms with E-state index in [-0.39, 0.29) is 5.91 Å². The molecule has 0 atom stereocenters. The number of halogens is 1. The molecule has 0 fully saturated rings. The first-order chi connectivity index (χ1) is 9.22. The van der Waals surface area contributed by atoms with E-state index in [2.05, 4.69) is 15.6 Å². The second-order valence-electron chi connectivity index (χ2n) is 4.20. The van der Waals surface area contributed by atoms with E-state index in [9.17, 15) is 4.79 Å². The van der Waals surface area contributed by atoms with Gasteiger partial charge in [0.1, 0.15) is 0 Å². The molecule has 1 amide bonds. The number of nitrogens with one attached hydrogen (secondary N) is 2. The maximum atomic E-state index is 11.1. The van der Waals surface area contributed by atoms with Crippen molar-refractivity contribution in [3.63, 3.8) is 0 Å². The van der Waals surface area contributed by atoms with Crippen LogP contribution in [0.15, 0.2) is 30.5 Å². The maximum absolute atomic E-state index is 11.1. The van der Waals surface area contributed by atoms with Gasteiger partial charge in [-0.05, 0) is 30.7 Å². The normalized spacial score (nSPS) is 10.4. The van der Waals surface area contributed by atoms with Gasteiger partial charge in [-0.1, -0.05) is 11.6 Å². The summed E-state index contributed by atoms with van der Waals surface area (Å²) in [4.78, 5) is 15.5. The molecule has 1 aromatic heterocycles. The Morgan fingerprint density at radius 3 is 3.00 bits per heavy atom. The Balaban J connectivity index is 2.05. The first-order valence-corrected chi connectivity index (χ1v) is 6.58. The third-order valence-electron chi connectivity index (χ3n) is 2.89. The van der Waals surface area contributed by atoms with Crippen LogP contribution in [0.4, 0.5) is 5.69 Å². The zero-order chi connectivity index (χ0) is 13.7. The zero-order valence-corrected chi connectivity index (χ0v) is 11.5. The average Bonchev–Trinajstić information content (AvgIpc) is 2.45. The Morgan fingerprint density at radius 1 is 1.37 bits per heavy atom. The van der Waals surface area contributed by atoms with Crippen molar-refractivity contribution in [3.05, 3.63) is 35.5 Å². The molecular weight excluding hydrogens is 262 g/mol. The average molecular weight is 278 g/mol. The molecule has 0 spiro atoms. The number of benzene rings is 1. The number of carbonyl (C=O) groups excluding carboxylic acids is 1. The lowest BCUT2D eigenvalue weighted by Crippen LogP contribution is -2.18. The number of amides is 1. The number of hydrogen-bond donors (Lipinski definition) is 2. The van der Waals surface area contributed by atoms with E-state index in [1.807, 2.05) is 24.3 Å². The first-order valence-electron chi connectivity index (χ1n) is 6.20. The van der Waals surface area contributed by atoms with Crippen LogP contribution in [0.3, 0.4) is 0 Å². The van der Waals surface area contributed by atoms with E-state index in [0.717, 1.165) is 29.6 Å². The lowest BCUT2D eigenvalue weighted by atomic mass is 10.2. The molecule has 2 aromatic rings. The zero-order valence-electron chi connectivity index (χ0n) is 10.7. The quantitative estimate of drug-likeness (QED) is 0.827. The van der Waals surface area contributed by atoms with Crippen molar-refractivity contribution in [2.24, 2.45) is 0 Å². The second-order valence-corrected chi connectivity index (χ2v) is 4.61. The van der Waals surface area contributed by atoms with Gasteiger partial charge in [-0.2, -0.15) is 0 Å². The van der Waals surface area contributed by atoms with Crippen molar-refractivity contribution < 1.29 is 4.79 Å².